The number of halogens is 2. The van der Waals surface area contributed by atoms with Crippen molar-refractivity contribution in [3.63, 3.8) is 0 Å². The van der Waals surface area contributed by atoms with Crippen LogP contribution in [0, 0.1) is 5.92 Å². The number of alkyl halides is 2. The minimum absolute atomic E-state index is 0.207. The Balaban J connectivity index is 2.14. The minimum Gasteiger partial charge on any atom is -0.496 e. The van der Waals surface area contributed by atoms with E-state index in [0.717, 1.165) is 31.4 Å². The number of hydrogen-bond donors (Lipinski definition) is 0. The van der Waals surface area contributed by atoms with Crippen molar-refractivity contribution in [3.8, 4) is 5.75 Å². The van der Waals surface area contributed by atoms with Crippen molar-refractivity contribution >= 4 is 0 Å². The van der Waals surface area contributed by atoms with Gasteiger partial charge in [0.25, 0.3) is 0 Å². The van der Waals surface area contributed by atoms with E-state index >= 15 is 0 Å². The summed E-state index contributed by atoms with van der Waals surface area (Å²) in [6.07, 6.45) is 3.96. The van der Waals surface area contributed by atoms with Crippen LogP contribution in [0.1, 0.15) is 62.5 Å². The summed E-state index contributed by atoms with van der Waals surface area (Å²) in [4.78, 5) is 0. The molecule has 0 bridgehead atoms. The quantitative estimate of drug-likeness (QED) is 0.694. The van der Waals surface area contributed by atoms with Gasteiger partial charge in [-0.2, -0.15) is 8.78 Å². The third kappa shape index (κ3) is 3.78. The molecule has 0 unspecified atom stereocenters. The first kappa shape index (κ1) is 17.2. The Morgan fingerprint density at radius 2 is 1.82 bits per heavy atom. The molecule has 0 amide bonds. The number of ether oxygens (including phenoxy) is 2. The van der Waals surface area contributed by atoms with Gasteiger partial charge in [-0.25, -0.2) is 0 Å². The minimum atomic E-state index is -3.32. The van der Waals surface area contributed by atoms with Gasteiger partial charge in [0.15, 0.2) is 0 Å². The van der Waals surface area contributed by atoms with Crippen molar-refractivity contribution in [1.29, 1.82) is 0 Å². The van der Waals surface area contributed by atoms with Crippen LogP contribution in [0.3, 0.4) is 0 Å². The van der Waals surface area contributed by atoms with Crippen molar-refractivity contribution in [2.45, 2.75) is 57.5 Å². The van der Waals surface area contributed by atoms with E-state index in [9.17, 15) is 8.78 Å². The SMILES string of the molecule is CCCC1CCC(c2ccc(C(F)(F)OC)c(OC)c2)CC1. The summed E-state index contributed by atoms with van der Waals surface area (Å²) >= 11 is 0. The fraction of sp³-hybridized carbons (Fsp3) is 0.667. The summed E-state index contributed by atoms with van der Waals surface area (Å²) < 4.78 is 36.9. The largest absolute Gasteiger partial charge is 0.496 e. The van der Waals surface area contributed by atoms with E-state index in [0.29, 0.717) is 5.92 Å². The lowest BCUT2D eigenvalue weighted by Crippen LogP contribution is -2.18. The Hall–Kier alpha value is -1.16. The second kappa shape index (κ2) is 7.40. The highest BCUT2D eigenvalue weighted by Gasteiger charge is 2.35. The maximum Gasteiger partial charge on any atom is 0.386 e. The van der Waals surface area contributed by atoms with Gasteiger partial charge in [0.2, 0.25) is 0 Å². The number of rotatable bonds is 6. The number of methoxy groups -OCH3 is 2. The van der Waals surface area contributed by atoms with E-state index in [4.69, 9.17) is 4.74 Å². The molecule has 2 rings (SSSR count). The molecule has 0 heterocycles. The fourth-order valence-corrected chi connectivity index (χ4v) is 3.50. The predicted molar refractivity (Wildman–Crippen MR) is 83.5 cm³/mol. The van der Waals surface area contributed by atoms with E-state index in [1.807, 2.05) is 0 Å². The fourth-order valence-electron chi connectivity index (χ4n) is 3.50. The summed E-state index contributed by atoms with van der Waals surface area (Å²) in [6.45, 7) is 2.23. The lowest BCUT2D eigenvalue weighted by atomic mass is 9.77. The zero-order chi connectivity index (χ0) is 16.2. The Bertz CT molecular complexity index is 480. The molecule has 1 aliphatic rings. The molecule has 0 N–H and O–H groups in total. The Kier molecular flexibility index (Phi) is 5.79. The monoisotopic (exact) mass is 312 g/mol. The Labute approximate surface area is 131 Å². The van der Waals surface area contributed by atoms with Gasteiger partial charge in [-0.15, -0.1) is 0 Å². The van der Waals surface area contributed by atoms with Crippen molar-refractivity contribution < 1.29 is 18.3 Å². The van der Waals surface area contributed by atoms with E-state index in [-0.39, 0.29) is 11.3 Å². The first-order valence-corrected chi connectivity index (χ1v) is 8.13. The standard InChI is InChI=1S/C18H26F2O2/c1-4-5-13-6-8-14(9-7-13)15-10-11-16(17(12-15)21-2)18(19,20)22-3/h10-14H,4-9H2,1-3H3. The molecular formula is C18H26F2O2. The van der Waals surface area contributed by atoms with Gasteiger partial charge in [0, 0.05) is 7.11 Å². The van der Waals surface area contributed by atoms with Crippen LogP contribution in [-0.4, -0.2) is 14.2 Å². The van der Waals surface area contributed by atoms with Gasteiger partial charge in [0.05, 0.1) is 12.7 Å². The average Bonchev–Trinajstić information content (AvgIpc) is 2.55. The number of benzene rings is 1. The van der Waals surface area contributed by atoms with Crippen LogP contribution in [0.15, 0.2) is 18.2 Å². The molecule has 2 nitrogen and oxygen atoms in total. The third-order valence-electron chi connectivity index (χ3n) is 4.81. The molecule has 0 radical (unpaired) electrons. The summed E-state index contributed by atoms with van der Waals surface area (Å²) in [5.41, 5.74) is 0.892. The smallest absolute Gasteiger partial charge is 0.386 e. The summed E-state index contributed by atoms with van der Waals surface area (Å²) in [5, 5.41) is 0. The van der Waals surface area contributed by atoms with Crippen molar-refractivity contribution in [2.24, 2.45) is 5.92 Å². The predicted octanol–water partition coefficient (Wildman–Crippen LogP) is 5.46. The highest BCUT2D eigenvalue weighted by atomic mass is 19.3. The third-order valence-corrected chi connectivity index (χ3v) is 4.81. The highest BCUT2D eigenvalue weighted by Crippen LogP contribution is 2.41. The van der Waals surface area contributed by atoms with Crippen LogP contribution < -0.4 is 4.74 Å². The molecular weight excluding hydrogens is 286 g/mol. The molecule has 4 heteroatoms. The van der Waals surface area contributed by atoms with Crippen LogP contribution in [0.25, 0.3) is 0 Å². The molecule has 0 aromatic heterocycles. The molecule has 1 aromatic rings. The van der Waals surface area contributed by atoms with Crippen molar-refractivity contribution in [3.05, 3.63) is 29.3 Å². The zero-order valence-corrected chi connectivity index (χ0v) is 13.7. The molecule has 0 spiro atoms. The van der Waals surface area contributed by atoms with Crippen LogP contribution in [0.4, 0.5) is 8.78 Å². The van der Waals surface area contributed by atoms with E-state index in [1.165, 1.54) is 38.9 Å². The van der Waals surface area contributed by atoms with Crippen molar-refractivity contribution in [1.82, 2.24) is 0 Å². The van der Waals surface area contributed by atoms with Gasteiger partial charge in [0.1, 0.15) is 5.75 Å². The number of hydrogen-bond acceptors (Lipinski definition) is 2. The molecule has 0 atom stereocenters. The second-order valence-electron chi connectivity index (χ2n) is 6.19. The van der Waals surface area contributed by atoms with Gasteiger partial charge >= 0.3 is 6.11 Å². The van der Waals surface area contributed by atoms with E-state index in [1.54, 1.807) is 12.1 Å². The van der Waals surface area contributed by atoms with Crippen LogP contribution >= 0.6 is 0 Å². The molecule has 1 aliphatic carbocycles. The maximum atomic E-state index is 13.7. The van der Waals surface area contributed by atoms with Gasteiger partial charge in [-0.1, -0.05) is 25.8 Å². The molecule has 0 saturated heterocycles. The molecule has 22 heavy (non-hydrogen) atoms. The highest BCUT2D eigenvalue weighted by molar-refractivity contribution is 5.41. The summed E-state index contributed by atoms with van der Waals surface area (Å²) in [5.74, 6) is 1.49. The second-order valence-corrected chi connectivity index (χ2v) is 6.19. The molecule has 1 aromatic carbocycles. The summed E-state index contributed by atoms with van der Waals surface area (Å²) in [7, 11) is 2.43. The van der Waals surface area contributed by atoms with Crippen LogP contribution in [0.2, 0.25) is 0 Å². The topological polar surface area (TPSA) is 18.5 Å². The average molecular weight is 312 g/mol. The van der Waals surface area contributed by atoms with Gasteiger partial charge < -0.3 is 9.47 Å². The zero-order valence-electron chi connectivity index (χ0n) is 13.7. The molecule has 0 aliphatic heterocycles. The van der Waals surface area contributed by atoms with Crippen LogP contribution in [0.5, 0.6) is 5.75 Å². The molecule has 1 saturated carbocycles. The first-order chi connectivity index (χ1) is 10.5. The van der Waals surface area contributed by atoms with Gasteiger partial charge in [-0.3, -0.25) is 0 Å². The molecule has 124 valence electrons. The van der Waals surface area contributed by atoms with E-state index in [2.05, 4.69) is 11.7 Å². The Morgan fingerprint density at radius 3 is 2.36 bits per heavy atom. The van der Waals surface area contributed by atoms with Gasteiger partial charge in [-0.05, 0) is 55.2 Å². The van der Waals surface area contributed by atoms with E-state index < -0.39 is 6.11 Å². The Morgan fingerprint density at radius 1 is 1.14 bits per heavy atom. The lowest BCUT2D eigenvalue weighted by molar-refractivity contribution is -0.232. The lowest BCUT2D eigenvalue weighted by Gasteiger charge is -2.29. The van der Waals surface area contributed by atoms with Crippen LogP contribution in [-0.2, 0) is 10.8 Å². The maximum absolute atomic E-state index is 13.7. The normalized spacial score (nSPS) is 22.6. The van der Waals surface area contributed by atoms with Crippen molar-refractivity contribution in [2.75, 3.05) is 14.2 Å². The summed E-state index contributed by atoms with van der Waals surface area (Å²) in [6, 6.07) is 5.00. The first-order valence-electron chi connectivity index (χ1n) is 8.13. The molecule has 1 fully saturated rings.